The Balaban J connectivity index is 1.61. The van der Waals surface area contributed by atoms with E-state index in [1.807, 2.05) is 47.4 Å². The maximum Gasteiger partial charge on any atom is 0.0923 e. The molecule has 116 valence electrons. The fourth-order valence-corrected chi connectivity index (χ4v) is 2.75. The topological polar surface area (TPSA) is 30.7 Å². The van der Waals surface area contributed by atoms with Crippen molar-refractivity contribution in [1.82, 2.24) is 14.8 Å². The molecule has 2 aromatic carbocycles. The Morgan fingerprint density at radius 3 is 2.33 bits per heavy atom. The van der Waals surface area contributed by atoms with E-state index >= 15 is 0 Å². The molecule has 0 saturated carbocycles. The number of hydrogen-bond acceptors (Lipinski definition) is 2. The van der Waals surface area contributed by atoms with Crippen LogP contribution in [0.15, 0.2) is 91.3 Å². The van der Waals surface area contributed by atoms with Crippen LogP contribution in [0.1, 0.15) is 5.69 Å². The van der Waals surface area contributed by atoms with Gasteiger partial charge in [-0.3, -0.25) is 9.67 Å². The minimum Gasteiger partial charge on any atom is -0.266 e. The van der Waals surface area contributed by atoms with Gasteiger partial charge in [0.2, 0.25) is 0 Å². The molecule has 3 nitrogen and oxygen atoms in total. The summed E-state index contributed by atoms with van der Waals surface area (Å²) < 4.78 is 1.92. The van der Waals surface area contributed by atoms with Crippen molar-refractivity contribution in [2.24, 2.45) is 0 Å². The molecule has 0 saturated heterocycles. The summed E-state index contributed by atoms with van der Waals surface area (Å²) in [5.74, 6) is 0. The largest absolute Gasteiger partial charge is 0.266 e. The number of rotatable bonds is 4. The SMILES string of the molecule is c1ccc(-c2cccc(-c3ccn(Cc4ccccn4)n3)c2)cc1. The predicted octanol–water partition coefficient (Wildman–Crippen LogP) is 4.66. The number of benzene rings is 2. The minimum atomic E-state index is 0.680. The molecular weight excluding hydrogens is 294 g/mol. The maximum atomic E-state index is 4.69. The van der Waals surface area contributed by atoms with Gasteiger partial charge in [0.1, 0.15) is 0 Å². The number of pyridine rings is 1. The lowest BCUT2D eigenvalue weighted by atomic mass is 10.0. The first-order valence-electron chi connectivity index (χ1n) is 7.98. The third-order valence-corrected chi connectivity index (χ3v) is 3.96. The molecule has 0 atom stereocenters. The van der Waals surface area contributed by atoms with Crippen molar-refractivity contribution in [3.8, 4) is 22.4 Å². The molecule has 2 heterocycles. The van der Waals surface area contributed by atoms with Crippen molar-refractivity contribution >= 4 is 0 Å². The van der Waals surface area contributed by atoms with Crippen molar-refractivity contribution in [3.63, 3.8) is 0 Å². The number of hydrogen-bond donors (Lipinski definition) is 0. The van der Waals surface area contributed by atoms with Crippen LogP contribution in [0.3, 0.4) is 0 Å². The number of aromatic nitrogens is 3. The van der Waals surface area contributed by atoms with Crippen LogP contribution in [0.4, 0.5) is 0 Å². The van der Waals surface area contributed by atoms with E-state index in [-0.39, 0.29) is 0 Å². The highest BCUT2D eigenvalue weighted by Crippen LogP contribution is 2.25. The Hall–Kier alpha value is -3.20. The van der Waals surface area contributed by atoms with Gasteiger partial charge in [0.25, 0.3) is 0 Å². The van der Waals surface area contributed by atoms with E-state index in [2.05, 4.69) is 58.6 Å². The predicted molar refractivity (Wildman–Crippen MR) is 96.4 cm³/mol. The Kier molecular flexibility index (Phi) is 3.90. The smallest absolute Gasteiger partial charge is 0.0923 e. The maximum absolute atomic E-state index is 4.69. The van der Waals surface area contributed by atoms with Crippen molar-refractivity contribution < 1.29 is 0 Å². The van der Waals surface area contributed by atoms with E-state index in [1.54, 1.807) is 0 Å². The molecular formula is C21H17N3. The van der Waals surface area contributed by atoms with E-state index < -0.39 is 0 Å². The highest BCUT2D eigenvalue weighted by Gasteiger charge is 2.05. The Labute approximate surface area is 141 Å². The van der Waals surface area contributed by atoms with Gasteiger partial charge in [-0.1, -0.05) is 54.6 Å². The summed E-state index contributed by atoms with van der Waals surface area (Å²) in [5.41, 5.74) is 5.52. The van der Waals surface area contributed by atoms with Crippen LogP contribution in [-0.2, 0) is 6.54 Å². The van der Waals surface area contributed by atoms with E-state index in [9.17, 15) is 0 Å². The van der Waals surface area contributed by atoms with Crippen LogP contribution in [0, 0.1) is 0 Å². The molecule has 4 aromatic rings. The first-order valence-corrected chi connectivity index (χ1v) is 7.98. The van der Waals surface area contributed by atoms with Crippen LogP contribution < -0.4 is 0 Å². The first-order chi connectivity index (χ1) is 11.9. The molecule has 24 heavy (non-hydrogen) atoms. The summed E-state index contributed by atoms with van der Waals surface area (Å²) >= 11 is 0. The Morgan fingerprint density at radius 1 is 0.708 bits per heavy atom. The van der Waals surface area contributed by atoms with Gasteiger partial charge in [0.05, 0.1) is 17.9 Å². The molecule has 0 aliphatic rings. The van der Waals surface area contributed by atoms with Crippen molar-refractivity contribution in [2.45, 2.75) is 6.54 Å². The van der Waals surface area contributed by atoms with Crippen LogP contribution in [0.2, 0.25) is 0 Å². The van der Waals surface area contributed by atoms with Gasteiger partial charge in [-0.15, -0.1) is 0 Å². The van der Waals surface area contributed by atoms with Crippen LogP contribution in [-0.4, -0.2) is 14.8 Å². The zero-order valence-corrected chi connectivity index (χ0v) is 13.2. The molecule has 0 N–H and O–H groups in total. The van der Waals surface area contributed by atoms with Crippen molar-refractivity contribution in [2.75, 3.05) is 0 Å². The lowest BCUT2D eigenvalue weighted by molar-refractivity contribution is 0.675. The second kappa shape index (κ2) is 6.50. The molecule has 0 unspecified atom stereocenters. The zero-order chi connectivity index (χ0) is 16.2. The third-order valence-electron chi connectivity index (χ3n) is 3.96. The molecule has 0 aliphatic heterocycles. The zero-order valence-electron chi connectivity index (χ0n) is 13.2. The molecule has 0 spiro atoms. The third kappa shape index (κ3) is 3.10. The second-order valence-corrected chi connectivity index (χ2v) is 5.67. The van der Waals surface area contributed by atoms with Gasteiger partial charge < -0.3 is 0 Å². The second-order valence-electron chi connectivity index (χ2n) is 5.67. The van der Waals surface area contributed by atoms with Crippen LogP contribution in [0.25, 0.3) is 22.4 Å². The summed E-state index contributed by atoms with van der Waals surface area (Å²) in [6.45, 7) is 0.680. The first kappa shape index (κ1) is 14.4. The summed E-state index contributed by atoms with van der Waals surface area (Å²) in [4.78, 5) is 4.35. The van der Waals surface area contributed by atoms with Crippen LogP contribution in [0.5, 0.6) is 0 Å². The average molecular weight is 311 g/mol. The van der Waals surface area contributed by atoms with Gasteiger partial charge in [-0.05, 0) is 35.4 Å². The standard InChI is InChI=1S/C21H17N3/c1-2-7-17(8-3-1)18-9-6-10-19(15-18)21-12-14-24(23-21)16-20-11-4-5-13-22-20/h1-15H,16H2. The molecule has 0 amide bonds. The quantitative estimate of drug-likeness (QED) is 0.549. The normalized spacial score (nSPS) is 10.7. The summed E-state index contributed by atoms with van der Waals surface area (Å²) in [7, 11) is 0. The highest BCUT2D eigenvalue weighted by molar-refractivity contribution is 5.71. The molecule has 4 rings (SSSR count). The summed E-state index contributed by atoms with van der Waals surface area (Å²) in [5, 5.41) is 4.69. The van der Waals surface area contributed by atoms with E-state index in [4.69, 9.17) is 0 Å². The monoisotopic (exact) mass is 311 g/mol. The van der Waals surface area contributed by atoms with Gasteiger partial charge >= 0.3 is 0 Å². The van der Waals surface area contributed by atoms with Crippen molar-refractivity contribution in [1.29, 1.82) is 0 Å². The molecule has 0 fully saturated rings. The number of nitrogens with zero attached hydrogens (tertiary/aromatic N) is 3. The fraction of sp³-hybridized carbons (Fsp3) is 0.0476. The van der Waals surface area contributed by atoms with Gasteiger partial charge in [0.15, 0.2) is 0 Å². The van der Waals surface area contributed by atoms with Gasteiger partial charge in [-0.25, -0.2) is 0 Å². The molecule has 0 bridgehead atoms. The summed E-state index contributed by atoms with van der Waals surface area (Å²) in [6.07, 6.45) is 3.81. The Morgan fingerprint density at radius 2 is 1.50 bits per heavy atom. The molecule has 2 aromatic heterocycles. The highest BCUT2D eigenvalue weighted by atomic mass is 15.3. The fourth-order valence-electron chi connectivity index (χ4n) is 2.75. The average Bonchev–Trinajstić information content (AvgIpc) is 3.12. The summed E-state index contributed by atoms with van der Waals surface area (Å²) in [6, 6.07) is 26.9. The van der Waals surface area contributed by atoms with E-state index in [0.717, 1.165) is 17.0 Å². The van der Waals surface area contributed by atoms with E-state index in [0.29, 0.717) is 6.54 Å². The van der Waals surface area contributed by atoms with E-state index in [1.165, 1.54) is 11.1 Å². The lowest BCUT2D eigenvalue weighted by Crippen LogP contribution is -2.01. The Bertz CT molecular complexity index is 927. The van der Waals surface area contributed by atoms with Gasteiger partial charge in [-0.2, -0.15) is 5.10 Å². The lowest BCUT2D eigenvalue weighted by Gasteiger charge is -2.04. The van der Waals surface area contributed by atoms with Crippen LogP contribution >= 0.6 is 0 Å². The molecule has 3 heteroatoms. The molecule has 0 radical (unpaired) electrons. The van der Waals surface area contributed by atoms with Gasteiger partial charge in [0, 0.05) is 18.0 Å². The minimum absolute atomic E-state index is 0.680. The van der Waals surface area contributed by atoms with Crippen molar-refractivity contribution in [3.05, 3.63) is 97.0 Å². The molecule has 0 aliphatic carbocycles.